The first-order valence-corrected chi connectivity index (χ1v) is 8.07. The zero-order valence-corrected chi connectivity index (χ0v) is 13.0. The van der Waals surface area contributed by atoms with Gasteiger partial charge in [-0.15, -0.1) is 0 Å². The number of benzene rings is 2. The van der Waals surface area contributed by atoms with Gasteiger partial charge in [-0.25, -0.2) is 0 Å². The zero-order valence-electron chi connectivity index (χ0n) is 13.0. The van der Waals surface area contributed by atoms with Crippen molar-refractivity contribution in [3.8, 4) is 17.2 Å². The molecular formula is C19H22O4. The Kier molecular flexibility index (Phi) is 4.84. The van der Waals surface area contributed by atoms with E-state index in [9.17, 15) is 15.3 Å². The van der Waals surface area contributed by atoms with Crippen LogP contribution in [0.5, 0.6) is 17.2 Å². The third-order valence-corrected chi connectivity index (χ3v) is 4.27. The lowest BCUT2D eigenvalue weighted by atomic mass is 9.99. The van der Waals surface area contributed by atoms with Crippen LogP contribution in [0.25, 0.3) is 0 Å². The Bertz CT molecular complexity index is 651. The van der Waals surface area contributed by atoms with Gasteiger partial charge >= 0.3 is 0 Å². The number of hydrogen-bond donors (Lipinski definition) is 3. The van der Waals surface area contributed by atoms with E-state index in [0.717, 1.165) is 30.4 Å². The molecule has 4 heteroatoms. The highest BCUT2D eigenvalue weighted by Gasteiger charge is 2.15. The van der Waals surface area contributed by atoms with E-state index in [1.54, 1.807) is 30.3 Å². The second-order valence-electron chi connectivity index (χ2n) is 6.12. The lowest BCUT2D eigenvalue weighted by Crippen LogP contribution is -2.12. The summed E-state index contributed by atoms with van der Waals surface area (Å²) < 4.78 is 5.75. The summed E-state index contributed by atoms with van der Waals surface area (Å²) in [6, 6.07) is 12.5. The molecule has 0 saturated carbocycles. The van der Waals surface area contributed by atoms with Crippen LogP contribution in [-0.2, 0) is 6.42 Å². The monoisotopic (exact) mass is 314 g/mol. The number of aryl methyl sites for hydroxylation is 1. The Balaban J connectivity index is 1.90. The third kappa shape index (κ3) is 4.03. The number of phenolic OH excluding ortho intramolecular Hbond substituents is 1. The number of aliphatic hydroxyl groups excluding tert-OH is 2. The van der Waals surface area contributed by atoms with Crippen molar-refractivity contribution in [2.75, 3.05) is 0 Å². The molecule has 0 amide bonds. The lowest BCUT2D eigenvalue weighted by molar-refractivity contribution is 0.0740. The summed E-state index contributed by atoms with van der Waals surface area (Å²) in [5, 5.41) is 30.2. The van der Waals surface area contributed by atoms with E-state index in [2.05, 4.69) is 0 Å². The lowest BCUT2D eigenvalue weighted by Gasteiger charge is -2.16. The summed E-state index contributed by atoms with van der Waals surface area (Å²) in [5.74, 6) is 1.15. The van der Waals surface area contributed by atoms with Crippen LogP contribution in [0.2, 0.25) is 0 Å². The molecule has 2 aromatic rings. The minimum atomic E-state index is -0.682. The van der Waals surface area contributed by atoms with Gasteiger partial charge in [0.25, 0.3) is 0 Å². The minimum absolute atomic E-state index is 0.109. The topological polar surface area (TPSA) is 69.9 Å². The van der Waals surface area contributed by atoms with Gasteiger partial charge in [-0.2, -0.15) is 0 Å². The molecule has 0 fully saturated rings. The molecule has 4 nitrogen and oxygen atoms in total. The number of aromatic hydroxyl groups is 1. The second kappa shape index (κ2) is 7.02. The Morgan fingerprint density at radius 3 is 2.52 bits per heavy atom. The number of aliphatic hydroxyl groups is 2. The first kappa shape index (κ1) is 15.8. The van der Waals surface area contributed by atoms with Crippen molar-refractivity contribution >= 4 is 0 Å². The van der Waals surface area contributed by atoms with Gasteiger partial charge in [-0.3, -0.25) is 0 Å². The highest BCUT2D eigenvalue weighted by atomic mass is 16.5. The van der Waals surface area contributed by atoms with Crippen LogP contribution in [0.3, 0.4) is 0 Å². The molecule has 2 aliphatic rings. The highest BCUT2D eigenvalue weighted by molar-refractivity contribution is 5.45. The predicted molar refractivity (Wildman–Crippen MR) is 87.8 cm³/mol. The van der Waals surface area contributed by atoms with Crippen LogP contribution in [0.15, 0.2) is 42.5 Å². The van der Waals surface area contributed by atoms with Crippen LogP contribution < -0.4 is 4.74 Å². The van der Waals surface area contributed by atoms with Gasteiger partial charge in [0.2, 0.25) is 0 Å². The van der Waals surface area contributed by atoms with Crippen molar-refractivity contribution in [3.05, 3.63) is 53.6 Å². The van der Waals surface area contributed by atoms with Gasteiger partial charge in [0.05, 0.1) is 12.2 Å². The maximum atomic E-state index is 10.2. The summed E-state index contributed by atoms with van der Waals surface area (Å²) in [5.41, 5.74) is 1.85. The summed E-state index contributed by atoms with van der Waals surface area (Å²) >= 11 is 0. The largest absolute Gasteiger partial charge is 0.504 e. The summed E-state index contributed by atoms with van der Waals surface area (Å²) in [6.45, 7) is 0. The fourth-order valence-electron chi connectivity index (χ4n) is 2.90. The summed E-state index contributed by atoms with van der Waals surface area (Å²) in [7, 11) is 0. The molecule has 0 aliphatic carbocycles. The van der Waals surface area contributed by atoms with Crippen LogP contribution in [0.4, 0.5) is 0 Å². The van der Waals surface area contributed by atoms with Gasteiger partial charge in [-0.05, 0) is 54.7 Å². The molecule has 0 saturated heterocycles. The van der Waals surface area contributed by atoms with Crippen molar-refractivity contribution in [3.63, 3.8) is 0 Å². The molecule has 0 aromatic heterocycles. The molecule has 0 unspecified atom stereocenters. The number of phenols is 1. The molecule has 2 aromatic carbocycles. The third-order valence-electron chi connectivity index (χ3n) is 4.27. The number of hydrogen-bond acceptors (Lipinski definition) is 4. The Morgan fingerprint density at radius 2 is 1.74 bits per heavy atom. The second-order valence-corrected chi connectivity index (χ2v) is 6.12. The summed E-state index contributed by atoms with van der Waals surface area (Å²) in [4.78, 5) is 0. The summed E-state index contributed by atoms with van der Waals surface area (Å²) in [6.07, 6.45) is 2.54. The van der Waals surface area contributed by atoms with Crippen molar-refractivity contribution in [1.29, 1.82) is 0 Å². The number of fused-ring (bicyclic) bond motifs is 8. The van der Waals surface area contributed by atoms with Crippen LogP contribution in [0, 0.1) is 0 Å². The van der Waals surface area contributed by atoms with E-state index in [1.807, 2.05) is 12.1 Å². The highest BCUT2D eigenvalue weighted by Crippen LogP contribution is 2.33. The quantitative estimate of drug-likeness (QED) is 0.693. The van der Waals surface area contributed by atoms with Gasteiger partial charge in [-0.1, -0.05) is 24.6 Å². The molecule has 3 N–H and O–H groups in total. The standard InChI is InChI=1S/C19H22O4/c20-15-4-2-1-3-13-5-10-17(21)19(11-13)23-16-8-6-14(7-9-16)18(22)12-15/h5-11,15,18,20-22H,1-4,12H2/t15-,18+/m0/s1. The first-order chi connectivity index (χ1) is 11.1. The molecule has 2 atom stereocenters. The van der Waals surface area contributed by atoms with Gasteiger partial charge < -0.3 is 20.1 Å². The first-order valence-electron chi connectivity index (χ1n) is 8.07. The van der Waals surface area contributed by atoms with Gasteiger partial charge in [0, 0.05) is 6.42 Å². The van der Waals surface area contributed by atoms with E-state index < -0.39 is 12.2 Å². The smallest absolute Gasteiger partial charge is 0.169 e. The van der Waals surface area contributed by atoms with Crippen LogP contribution in [-0.4, -0.2) is 21.4 Å². The normalized spacial score (nSPS) is 22.0. The molecule has 122 valence electrons. The Hall–Kier alpha value is -2.04. The zero-order chi connectivity index (χ0) is 16.2. The molecule has 2 aliphatic heterocycles. The van der Waals surface area contributed by atoms with Crippen molar-refractivity contribution in [2.45, 2.75) is 44.3 Å². The minimum Gasteiger partial charge on any atom is -0.504 e. The van der Waals surface area contributed by atoms with E-state index >= 15 is 0 Å². The molecule has 23 heavy (non-hydrogen) atoms. The average molecular weight is 314 g/mol. The average Bonchev–Trinajstić information content (AvgIpc) is 2.55. The van der Waals surface area contributed by atoms with Crippen molar-refractivity contribution in [2.24, 2.45) is 0 Å². The van der Waals surface area contributed by atoms with Gasteiger partial charge in [0.15, 0.2) is 11.5 Å². The maximum Gasteiger partial charge on any atom is 0.169 e. The predicted octanol–water partition coefficient (Wildman–Crippen LogP) is 3.70. The fraction of sp³-hybridized carbons (Fsp3) is 0.368. The van der Waals surface area contributed by atoms with Crippen LogP contribution >= 0.6 is 0 Å². The fourth-order valence-corrected chi connectivity index (χ4v) is 2.90. The molecule has 0 radical (unpaired) electrons. The van der Waals surface area contributed by atoms with Gasteiger partial charge in [0.1, 0.15) is 5.75 Å². The Labute approximate surface area is 136 Å². The van der Waals surface area contributed by atoms with E-state index in [-0.39, 0.29) is 5.75 Å². The van der Waals surface area contributed by atoms with Crippen molar-refractivity contribution in [1.82, 2.24) is 0 Å². The molecule has 4 rings (SSSR count). The maximum absolute atomic E-state index is 10.2. The molecule has 4 bridgehead atoms. The SMILES string of the molecule is Oc1ccc2cc1Oc1ccc(cc1)[C@H](O)C[C@@H](O)CCCC2. The van der Waals surface area contributed by atoms with E-state index in [4.69, 9.17) is 4.74 Å². The van der Waals surface area contributed by atoms with Crippen molar-refractivity contribution < 1.29 is 20.1 Å². The molecule has 0 spiro atoms. The number of ether oxygens (including phenoxy) is 1. The van der Waals surface area contributed by atoms with Crippen LogP contribution in [0.1, 0.15) is 42.9 Å². The Morgan fingerprint density at radius 1 is 0.957 bits per heavy atom. The van der Waals surface area contributed by atoms with E-state index in [0.29, 0.717) is 24.3 Å². The number of rotatable bonds is 0. The molecule has 2 heterocycles. The van der Waals surface area contributed by atoms with E-state index in [1.165, 1.54) is 0 Å². The molecular weight excluding hydrogens is 292 g/mol.